The van der Waals surface area contributed by atoms with Crippen LogP contribution < -0.4 is 0 Å². The minimum Gasteiger partial charge on any atom is -0.103 e. The molecule has 0 spiro atoms. The molecule has 12 unspecified atom stereocenters. The number of allylic oxidation sites excluding steroid dienone is 6. The second-order valence-electron chi connectivity index (χ2n) is 16.8. The SMILES string of the molecule is C=CC1CC(C=C)C(C)C1C.CC1C(C)[C@H]2C=C[C@@H]1C2.CCC1CC(CC)C(C)C1C.CCCC1=C(C)[C@@H]2C[C@H]1C(C)C2C.[HH]. The second kappa shape index (κ2) is 16.7. The van der Waals surface area contributed by atoms with Gasteiger partial charge in [0.15, 0.2) is 0 Å². The maximum atomic E-state index is 3.86. The summed E-state index contributed by atoms with van der Waals surface area (Å²) < 4.78 is 0. The van der Waals surface area contributed by atoms with Crippen molar-refractivity contribution < 1.29 is 1.43 Å². The molecule has 4 saturated carbocycles. The topological polar surface area (TPSA) is 0 Å². The zero-order chi connectivity index (χ0) is 32.9. The van der Waals surface area contributed by atoms with Gasteiger partial charge in [-0.15, -0.1) is 13.2 Å². The summed E-state index contributed by atoms with van der Waals surface area (Å²) >= 11 is 0. The summed E-state index contributed by atoms with van der Waals surface area (Å²) in [5.41, 5.74) is 3.59. The Kier molecular flexibility index (Phi) is 14.2. The Morgan fingerprint density at radius 3 is 1.34 bits per heavy atom. The van der Waals surface area contributed by atoms with Crippen LogP contribution in [0, 0.1) is 94.7 Å². The van der Waals surface area contributed by atoms with Gasteiger partial charge in [0.1, 0.15) is 0 Å². The molecule has 0 amide bonds. The van der Waals surface area contributed by atoms with Crippen molar-refractivity contribution >= 4 is 0 Å². The van der Waals surface area contributed by atoms with E-state index in [1.807, 2.05) is 5.57 Å². The molecule has 0 heteroatoms. The lowest BCUT2D eigenvalue weighted by molar-refractivity contribution is 0.323. The van der Waals surface area contributed by atoms with Crippen LogP contribution in [0.25, 0.3) is 0 Å². The maximum Gasteiger partial charge on any atom is 0 e. The smallest absolute Gasteiger partial charge is 0 e. The zero-order valence-electron chi connectivity index (χ0n) is 31.6. The fourth-order valence-corrected chi connectivity index (χ4v) is 10.9. The van der Waals surface area contributed by atoms with Crippen LogP contribution in [0.4, 0.5) is 0 Å². The lowest BCUT2D eigenvalue weighted by atomic mass is 9.77. The Balaban J connectivity index is 0.000000209. The quantitative estimate of drug-likeness (QED) is 0.264. The van der Waals surface area contributed by atoms with Gasteiger partial charge in [0.2, 0.25) is 0 Å². The predicted octanol–water partition coefficient (Wildman–Crippen LogP) is 13.7. The predicted molar refractivity (Wildman–Crippen MR) is 200 cm³/mol. The van der Waals surface area contributed by atoms with Crippen LogP contribution in [0.2, 0.25) is 0 Å². The van der Waals surface area contributed by atoms with Gasteiger partial charge < -0.3 is 0 Å². The van der Waals surface area contributed by atoms with Gasteiger partial charge in [-0.3, -0.25) is 0 Å². The van der Waals surface area contributed by atoms with E-state index in [9.17, 15) is 0 Å². The van der Waals surface area contributed by atoms with Crippen LogP contribution in [0.1, 0.15) is 136 Å². The Morgan fingerprint density at radius 2 is 1.05 bits per heavy atom. The molecule has 4 fully saturated rings. The van der Waals surface area contributed by atoms with Crippen molar-refractivity contribution in [3.05, 3.63) is 48.6 Å². The van der Waals surface area contributed by atoms with Crippen molar-refractivity contribution in [2.75, 3.05) is 0 Å². The first-order valence-electron chi connectivity index (χ1n) is 19.5. The van der Waals surface area contributed by atoms with E-state index in [1.165, 1.54) is 51.4 Å². The van der Waals surface area contributed by atoms with Gasteiger partial charge in [-0.25, -0.2) is 0 Å². The first-order chi connectivity index (χ1) is 20.9. The average Bonchev–Trinajstić information content (AvgIpc) is 3.86. The highest BCUT2D eigenvalue weighted by Crippen LogP contribution is 2.56. The summed E-state index contributed by atoms with van der Waals surface area (Å²) in [4.78, 5) is 0. The van der Waals surface area contributed by atoms with Crippen molar-refractivity contribution in [1.29, 1.82) is 0 Å². The summed E-state index contributed by atoms with van der Waals surface area (Å²) in [6, 6.07) is 0. The van der Waals surface area contributed by atoms with E-state index >= 15 is 0 Å². The highest BCUT2D eigenvalue weighted by atomic mass is 14.5. The van der Waals surface area contributed by atoms with Gasteiger partial charge in [0.25, 0.3) is 0 Å². The largest absolute Gasteiger partial charge is 0.103 e. The molecular formula is C44H78. The third-order valence-electron chi connectivity index (χ3n) is 15.3. The summed E-state index contributed by atoms with van der Waals surface area (Å²) in [6.07, 6.45) is 20.2. The fourth-order valence-electron chi connectivity index (χ4n) is 10.9. The molecule has 0 N–H and O–H groups in total. The minimum atomic E-state index is 0. The summed E-state index contributed by atoms with van der Waals surface area (Å²) in [7, 11) is 0. The molecule has 6 rings (SSSR count). The Bertz CT molecular complexity index is 919. The van der Waals surface area contributed by atoms with Crippen molar-refractivity contribution in [1.82, 2.24) is 0 Å². The maximum absolute atomic E-state index is 3.86. The molecule has 0 aromatic heterocycles. The first kappa shape index (κ1) is 37.4. The molecule has 0 aliphatic heterocycles. The highest BCUT2D eigenvalue weighted by Gasteiger charge is 2.46. The molecule has 6 aliphatic carbocycles. The summed E-state index contributed by atoms with van der Waals surface area (Å²) in [6.45, 7) is 36.3. The van der Waals surface area contributed by atoms with Gasteiger partial charge in [0.05, 0.1) is 0 Å². The molecular weight excluding hydrogens is 528 g/mol. The first-order valence-corrected chi connectivity index (χ1v) is 19.5. The van der Waals surface area contributed by atoms with Crippen LogP contribution in [0.3, 0.4) is 0 Å². The zero-order valence-corrected chi connectivity index (χ0v) is 31.6. The van der Waals surface area contributed by atoms with Crippen LogP contribution in [-0.4, -0.2) is 0 Å². The molecule has 6 aliphatic rings. The summed E-state index contributed by atoms with van der Waals surface area (Å²) in [5, 5.41) is 0. The highest BCUT2D eigenvalue weighted by molar-refractivity contribution is 5.30. The van der Waals surface area contributed by atoms with E-state index in [1.54, 1.807) is 5.57 Å². The molecule has 0 nitrogen and oxygen atoms in total. The Morgan fingerprint density at radius 1 is 0.591 bits per heavy atom. The van der Waals surface area contributed by atoms with E-state index in [0.717, 1.165) is 82.9 Å². The fraction of sp³-hybridized carbons (Fsp3) is 0.818. The minimum absolute atomic E-state index is 0. The lowest BCUT2D eigenvalue weighted by Gasteiger charge is -2.28. The average molecular weight is 607 g/mol. The molecule has 44 heavy (non-hydrogen) atoms. The van der Waals surface area contributed by atoms with Crippen molar-refractivity contribution in [2.24, 2.45) is 94.7 Å². The lowest BCUT2D eigenvalue weighted by Crippen LogP contribution is -2.19. The number of fused-ring (bicyclic) bond motifs is 4. The Labute approximate surface area is 278 Å². The number of hydrogen-bond acceptors (Lipinski definition) is 0. The van der Waals surface area contributed by atoms with Gasteiger partial charge in [0, 0.05) is 1.43 Å². The third-order valence-corrected chi connectivity index (χ3v) is 15.3. The van der Waals surface area contributed by atoms with E-state index in [0.29, 0.717) is 11.8 Å². The number of rotatable bonds is 6. The third kappa shape index (κ3) is 7.91. The van der Waals surface area contributed by atoms with Crippen molar-refractivity contribution in [3.8, 4) is 0 Å². The molecule has 0 saturated heterocycles. The van der Waals surface area contributed by atoms with Crippen molar-refractivity contribution in [2.45, 2.75) is 134 Å². The molecule has 0 aromatic rings. The standard InChI is InChI=1S/C13H22.C11H22.C11H18.C9H14.H2/c1-5-6-11-10(4)12-7-13(11)9(3)8(12)2;2*1-5-10-7-11(6-2)9(4)8(10)3;1-6-7(2)9-4-3-8(6)5-9;/h8-9,12-13H,5-7H2,1-4H3;8-11H,5-7H2,1-4H3;5-6,8-11H,1-2,7H2,3-4H3;3-4,6-9H,5H2,1-2H3;1H/t8?,9?,12-,13+;;;6?,7?,8-,9+;/m1..../s1. The molecule has 4 bridgehead atoms. The van der Waals surface area contributed by atoms with Gasteiger partial charge in [-0.05, 0) is 134 Å². The van der Waals surface area contributed by atoms with Gasteiger partial charge in [-0.2, -0.15) is 0 Å². The Hall–Kier alpha value is -1.04. The normalized spacial score (nSPS) is 46.2. The molecule has 16 atom stereocenters. The van der Waals surface area contributed by atoms with E-state index in [2.05, 4.69) is 121 Å². The number of hydrogen-bond donors (Lipinski definition) is 0. The van der Waals surface area contributed by atoms with Crippen LogP contribution >= 0.6 is 0 Å². The molecule has 0 radical (unpaired) electrons. The van der Waals surface area contributed by atoms with Gasteiger partial charge >= 0.3 is 0 Å². The van der Waals surface area contributed by atoms with E-state index in [-0.39, 0.29) is 1.43 Å². The summed E-state index contributed by atoms with van der Waals surface area (Å²) in [5.74, 6) is 14.6. The van der Waals surface area contributed by atoms with Crippen LogP contribution in [0.15, 0.2) is 48.6 Å². The van der Waals surface area contributed by atoms with Gasteiger partial charge in [-0.1, -0.05) is 131 Å². The van der Waals surface area contributed by atoms with E-state index < -0.39 is 0 Å². The second-order valence-corrected chi connectivity index (χ2v) is 16.8. The molecule has 0 aromatic carbocycles. The van der Waals surface area contributed by atoms with Crippen molar-refractivity contribution in [3.63, 3.8) is 0 Å². The van der Waals surface area contributed by atoms with Crippen LogP contribution in [-0.2, 0) is 0 Å². The monoisotopic (exact) mass is 607 g/mol. The molecule has 254 valence electrons. The van der Waals surface area contributed by atoms with Crippen LogP contribution in [0.5, 0.6) is 0 Å². The molecule has 0 heterocycles. The van der Waals surface area contributed by atoms with E-state index in [4.69, 9.17) is 0 Å².